The first kappa shape index (κ1) is 20.2. The predicted octanol–water partition coefficient (Wildman–Crippen LogP) is 2.19. The van der Waals surface area contributed by atoms with Crippen LogP contribution in [-0.2, 0) is 25.5 Å². The summed E-state index contributed by atoms with van der Waals surface area (Å²) in [5, 5.41) is 3.31. The molecule has 1 aliphatic rings. The number of rotatable bonds is 7. The first-order valence-corrected chi connectivity index (χ1v) is 9.22. The summed E-state index contributed by atoms with van der Waals surface area (Å²) in [5.74, 6) is -0.543. The lowest BCUT2D eigenvalue weighted by Crippen LogP contribution is -2.58. The van der Waals surface area contributed by atoms with Gasteiger partial charge in [-0.05, 0) is 30.0 Å². The van der Waals surface area contributed by atoms with Crippen LogP contribution in [0, 0.1) is 5.92 Å². The van der Waals surface area contributed by atoms with Crippen molar-refractivity contribution in [3.8, 4) is 0 Å². The predicted molar refractivity (Wildman–Crippen MR) is 98.7 cm³/mol. The third-order valence-electron chi connectivity index (χ3n) is 4.24. The highest BCUT2D eigenvalue weighted by Gasteiger charge is 2.35. The zero-order chi connectivity index (χ0) is 19.1. The molecule has 0 saturated carbocycles. The Morgan fingerprint density at radius 2 is 2.00 bits per heavy atom. The Morgan fingerprint density at radius 3 is 2.65 bits per heavy atom. The molecule has 142 valence electrons. The van der Waals surface area contributed by atoms with Gasteiger partial charge in [0.1, 0.15) is 6.04 Å². The molecule has 1 aliphatic heterocycles. The third-order valence-corrected chi connectivity index (χ3v) is 4.49. The topological polar surface area (TPSA) is 75.7 Å². The van der Waals surface area contributed by atoms with Crippen molar-refractivity contribution in [1.82, 2.24) is 10.2 Å². The van der Waals surface area contributed by atoms with E-state index >= 15 is 0 Å². The van der Waals surface area contributed by atoms with Gasteiger partial charge in [0.25, 0.3) is 0 Å². The van der Waals surface area contributed by atoms with E-state index in [1.165, 1.54) is 4.90 Å². The number of benzene rings is 1. The summed E-state index contributed by atoms with van der Waals surface area (Å²) in [7, 11) is 0. The lowest BCUT2D eigenvalue weighted by molar-refractivity contribution is -0.151. The van der Waals surface area contributed by atoms with Gasteiger partial charge in [0.15, 0.2) is 0 Å². The van der Waals surface area contributed by atoms with Crippen LogP contribution >= 0.6 is 11.6 Å². The zero-order valence-corrected chi connectivity index (χ0v) is 15.9. The van der Waals surface area contributed by atoms with E-state index in [1.807, 2.05) is 13.8 Å². The maximum Gasteiger partial charge on any atom is 0.308 e. The Morgan fingerprint density at radius 1 is 1.31 bits per heavy atom. The van der Waals surface area contributed by atoms with Crippen LogP contribution in [0.1, 0.15) is 32.3 Å². The summed E-state index contributed by atoms with van der Waals surface area (Å²) in [6.07, 6.45) is 0.793. The van der Waals surface area contributed by atoms with Crippen LogP contribution in [0.2, 0.25) is 5.02 Å². The van der Waals surface area contributed by atoms with E-state index in [2.05, 4.69) is 5.32 Å². The summed E-state index contributed by atoms with van der Waals surface area (Å²) < 4.78 is 5.19. The molecule has 1 atom stereocenters. The molecule has 0 radical (unpaired) electrons. The van der Waals surface area contributed by atoms with Gasteiger partial charge in [-0.1, -0.05) is 37.6 Å². The maximum atomic E-state index is 12.7. The lowest BCUT2D eigenvalue weighted by Gasteiger charge is -2.34. The molecule has 1 N–H and O–H groups in total. The molecule has 1 aromatic rings. The fourth-order valence-electron chi connectivity index (χ4n) is 2.72. The highest BCUT2D eigenvalue weighted by Crippen LogP contribution is 2.15. The molecule has 6 nitrogen and oxygen atoms in total. The van der Waals surface area contributed by atoms with Crippen LogP contribution in [0.3, 0.4) is 0 Å². The molecule has 7 heteroatoms. The molecule has 26 heavy (non-hydrogen) atoms. The number of halogens is 1. The Labute approximate surface area is 158 Å². The molecule has 1 unspecified atom stereocenters. The molecular formula is C19H25ClN2O4. The standard InChI is InChI=1S/C19H25ClN2O4/c1-13(2)7-10-26-18(24)12-16-19(25)21-8-9-22(16)17(23)11-14-3-5-15(20)6-4-14/h3-6,13,16H,7-12H2,1-2H3,(H,21,25). The third kappa shape index (κ3) is 6.02. The summed E-state index contributed by atoms with van der Waals surface area (Å²) in [6, 6.07) is 6.17. The minimum absolute atomic E-state index is 0.129. The van der Waals surface area contributed by atoms with Gasteiger partial charge in [-0.15, -0.1) is 0 Å². The highest BCUT2D eigenvalue weighted by atomic mass is 35.5. The van der Waals surface area contributed by atoms with E-state index in [9.17, 15) is 14.4 Å². The quantitative estimate of drug-likeness (QED) is 0.736. The van der Waals surface area contributed by atoms with Crippen LogP contribution in [0.4, 0.5) is 0 Å². The van der Waals surface area contributed by atoms with Crippen molar-refractivity contribution in [1.29, 1.82) is 0 Å². The van der Waals surface area contributed by atoms with Crippen molar-refractivity contribution in [3.05, 3.63) is 34.9 Å². The minimum atomic E-state index is -0.824. The van der Waals surface area contributed by atoms with Crippen molar-refractivity contribution in [2.75, 3.05) is 19.7 Å². The molecule has 0 spiro atoms. The van der Waals surface area contributed by atoms with E-state index in [4.69, 9.17) is 16.3 Å². The van der Waals surface area contributed by atoms with Crippen molar-refractivity contribution in [2.24, 2.45) is 5.92 Å². The van der Waals surface area contributed by atoms with Crippen LogP contribution in [0.5, 0.6) is 0 Å². The second-order valence-electron chi connectivity index (χ2n) is 6.80. The van der Waals surface area contributed by atoms with Gasteiger partial charge in [0.05, 0.1) is 19.4 Å². The number of carbonyl (C=O) groups is 3. The largest absolute Gasteiger partial charge is 0.466 e. The average molecular weight is 381 g/mol. The van der Waals surface area contributed by atoms with Crippen LogP contribution in [-0.4, -0.2) is 48.4 Å². The molecule has 1 saturated heterocycles. The van der Waals surface area contributed by atoms with Crippen molar-refractivity contribution in [2.45, 2.75) is 39.2 Å². The van der Waals surface area contributed by atoms with Gasteiger partial charge in [-0.2, -0.15) is 0 Å². The second kappa shape index (κ2) is 9.57. The number of hydrogen-bond donors (Lipinski definition) is 1. The van der Waals surface area contributed by atoms with E-state index < -0.39 is 12.0 Å². The number of amides is 2. The van der Waals surface area contributed by atoms with E-state index in [0.717, 1.165) is 12.0 Å². The summed E-state index contributed by atoms with van der Waals surface area (Å²) in [5.41, 5.74) is 0.809. The van der Waals surface area contributed by atoms with Gasteiger partial charge >= 0.3 is 5.97 Å². The number of esters is 1. The number of hydrogen-bond acceptors (Lipinski definition) is 4. The first-order valence-electron chi connectivity index (χ1n) is 8.84. The zero-order valence-electron chi connectivity index (χ0n) is 15.2. The van der Waals surface area contributed by atoms with Crippen molar-refractivity contribution < 1.29 is 19.1 Å². The number of ether oxygens (including phenoxy) is 1. The van der Waals surface area contributed by atoms with E-state index in [1.54, 1.807) is 24.3 Å². The highest BCUT2D eigenvalue weighted by molar-refractivity contribution is 6.30. The number of piperazine rings is 1. The number of nitrogens with zero attached hydrogens (tertiary/aromatic N) is 1. The average Bonchev–Trinajstić information content (AvgIpc) is 2.58. The number of carbonyl (C=O) groups excluding carboxylic acids is 3. The van der Waals surface area contributed by atoms with Gasteiger partial charge in [0.2, 0.25) is 11.8 Å². The van der Waals surface area contributed by atoms with Gasteiger partial charge in [-0.25, -0.2) is 0 Å². The molecular weight excluding hydrogens is 356 g/mol. The molecule has 0 bridgehead atoms. The van der Waals surface area contributed by atoms with Gasteiger partial charge in [-0.3, -0.25) is 14.4 Å². The maximum absolute atomic E-state index is 12.7. The fraction of sp³-hybridized carbons (Fsp3) is 0.526. The molecule has 1 fully saturated rings. The van der Waals surface area contributed by atoms with Gasteiger partial charge in [0, 0.05) is 18.1 Å². The Balaban J connectivity index is 1.97. The molecule has 0 aromatic heterocycles. The Kier molecular flexibility index (Phi) is 7.45. The SMILES string of the molecule is CC(C)CCOC(=O)CC1C(=O)NCCN1C(=O)Cc1ccc(Cl)cc1. The molecule has 1 heterocycles. The Hall–Kier alpha value is -2.08. The lowest BCUT2D eigenvalue weighted by atomic mass is 10.1. The smallest absolute Gasteiger partial charge is 0.308 e. The van der Waals surface area contributed by atoms with Crippen molar-refractivity contribution >= 4 is 29.4 Å². The number of nitrogens with one attached hydrogen (secondary N) is 1. The van der Waals surface area contributed by atoms with E-state index in [0.29, 0.717) is 30.6 Å². The van der Waals surface area contributed by atoms with Crippen LogP contribution in [0.25, 0.3) is 0 Å². The first-order chi connectivity index (χ1) is 12.4. The molecule has 2 rings (SSSR count). The van der Waals surface area contributed by atoms with Crippen LogP contribution < -0.4 is 5.32 Å². The monoisotopic (exact) mass is 380 g/mol. The van der Waals surface area contributed by atoms with Gasteiger partial charge < -0.3 is 15.0 Å². The molecule has 0 aliphatic carbocycles. The molecule has 1 aromatic carbocycles. The second-order valence-corrected chi connectivity index (χ2v) is 7.24. The minimum Gasteiger partial charge on any atom is -0.466 e. The Bertz CT molecular complexity index is 645. The summed E-state index contributed by atoms with van der Waals surface area (Å²) in [6.45, 7) is 5.16. The fourth-order valence-corrected chi connectivity index (χ4v) is 2.85. The van der Waals surface area contributed by atoms with Crippen molar-refractivity contribution in [3.63, 3.8) is 0 Å². The summed E-state index contributed by atoms with van der Waals surface area (Å²) >= 11 is 5.86. The normalized spacial score (nSPS) is 17.2. The van der Waals surface area contributed by atoms with E-state index in [-0.39, 0.29) is 24.7 Å². The van der Waals surface area contributed by atoms with Crippen LogP contribution in [0.15, 0.2) is 24.3 Å². The summed E-state index contributed by atoms with van der Waals surface area (Å²) in [4.78, 5) is 38.4. The molecule has 2 amide bonds.